The van der Waals surface area contributed by atoms with Gasteiger partial charge >= 0.3 is 17.8 Å². The summed E-state index contributed by atoms with van der Waals surface area (Å²) in [7, 11) is 3.13. The van der Waals surface area contributed by atoms with Crippen molar-refractivity contribution < 1.29 is 37.3 Å². The van der Waals surface area contributed by atoms with Gasteiger partial charge in [-0.15, -0.1) is 0 Å². The smallest absolute Gasteiger partial charge is 0.394 e. The van der Waals surface area contributed by atoms with Gasteiger partial charge in [0.25, 0.3) is 5.91 Å². The van der Waals surface area contributed by atoms with Crippen LogP contribution in [0.5, 0.6) is 0 Å². The van der Waals surface area contributed by atoms with Gasteiger partial charge < -0.3 is 25.2 Å². The van der Waals surface area contributed by atoms with Crippen molar-refractivity contribution in [2.75, 3.05) is 24.4 Å². The van der Waals surface area contributed by atoms with Crippen LogP contribution < -0.4 is 16.3 Å². The number of nitrogens with one attached hydrogen (secondary N) is 2. The summed E-state index contributed by atoms with van der Waals surface area (Å²) in [5.74, 6) is 2.25. The van der Waals surface area contributed by atoms with Crippen molar-refractivity contribution in [3.63, 3.8) is 0 Å². The molecule has 0 saturated carbocycles. The van der Waals surface area contributed by atoms with Crippen LogP contribution in [-0.2, 0) is 14.3 Å². The van der Waals surface area contributed by atoms with Crippen LogP contribution in [0.2, 0.25) is 0 Å². The van der Waals surface area contributed by atoms with Crippen LogP contribution in [0.4, 0.5) is 19.0 Å². The molecule has 1 aromatic heterocycles. The molecule has 15 heteroatoms. The minimum atomic E-state index is -5.07. The van der Waals surface area contributed by atoms with E-state index in [2.05, 4.69) is 42.9 Å². The second-order valence-electron chi connectivity index (χ2n) is 9.68. The second-order valence-corrected chi connectivity index (χ2v) is 12.7. The molecule has 1 aliphatic rings. The van der Waals surface area contributed by atoms with Crippen molar-refractivity contribution in [2.45, 2.75) is 56.6 Å². The number of anilines is 1. The Kier molecular flexibility index (Phi) is 11.3. The van der Waals surface area contributed by atoms with Crippen LogP contribution >= 0.6 is 21.6 Å². The largest absolute Gasteiger partial charge is 0.471 e. The minimum absolute atomic E-state index is 0.0132. The monoisotopic (exact) mass is 614 g/mol. The topological polar surface area (TPSA) is 132 Å². The Morgan fingerprint density at radius 2 is 1.95 bits per heavy atom. The van der Waals surface area contributed by atoms with E-state index in [0.29, 0.717) is 5.94 Å². The third-order valence-electron chi connectivity index (χ3n) is 5.35. The molecule has 1 fully saturated rings. The zero-order chi connectivity index (χ0) is 30.2. The van der Waals surface area contributed by atoms with Crippen molar-refractivity contribution in [2.24, 2.45) is 0 Å². The molecule has 0 radical (unpaired) electrons. The van der Waals surface area contributed by atoms with Gasteiger partial charge in [-0.05, 0) is 12.1 Å². The van der Waals surface area contributed by atoms with E-state index >= 15 is 0 Å². The van der Waals surface area contributed by atoms with Crippen molar-refractivity contribution >= 4 is 39.2 Å². The maximum Gasteiger partial charge on any atom is 0.471 e. The van der Waals surface area contributed by atoms with Crippen molar-refractivity contribution in [3.8, 4) is 11.8 Å². The molecule has 41 heavy (non-hydrogen) atoms. The number of amides is 2. The number of ether oxygens (including phenoxy) is 2. The van der Waals surface area contributed by atoms with Gasteiger partial charge in [-0.1, -0.05) is 72.4 Å². The van der Waals surface area contributed by atoms with Crippen molar-refractivity contribution in [1.29, 1.82) is 0 Å². The maximum absolute atomic E-state index is 13.0. The summed E-state index contributed by atoms with van der Waals surface area (Å²) in [6, 6.07) is 8.06. The van der Waals surface area contributed by atoms with Gasteiger partial charge in [0.2, 0.25) is 0 Å². The lowest BCUT2D eigenvalue weighted by molar-refractivity contribution is -0.173. The van der Waals surface area contributed by atoms with E-state index in [1.807, 2.05) is 0 Å². The highest BCUT2D eigenvalue weighted by Gasteiger charge is 2.38. The highest BCUT2D eigenvalue weighted by atomic mass is 33.1. The number of aliphatic hydroxyl groups excluding tert-OH is 1. The third-order valence-corrected chi connectivity index (χ3v) is 8.34. The molecule has 3 rings (SSSR count). The molecule has 3 atom stereocenters. The summed E-state index contributed by atoms with van der Waals surface area (Å²) >= 11 is 0. The Balaban J connectivity index is 1.84. The minimum Gasteiger partial charge on any atom is -0.394 e. The molecule has 1 aromatic carbocycles. The first kappa shape index (κ1) is 32.5. The predicted octanol–water partition coefficient (Wildman–Crippen LogP) is 3.33. The Hall–Kier alpha value is -3.03. The number of aromatic nitrogens is 2. The van der Waals surface area contributed by atoms with E-state index in [4.69, 9.17) is 9.47 Å². The molecule has 2 aromatic rings. The molecule has 2 heterocycles. The molecule has 2 amide bonds. The molecule has 1 aliphatic heterocycles. The van der Waals surface area contributed by atoms with Gasteiger partial charge in [0.1, 0.15) is 18.3 Å². The number of alkyl halides is 3. The molecule has 1 saturated heterocycles. The van der Waals surface area contributed by atoms with Crippen LogP contribution in [0, 0.1) is 11.8 Å². The fourth-order valence-corrected chi connectivity index (χ4v) is 5.53. The van der Waals surface area contributed by atoms with Crippen LogP contribution in [0.3, 0.4) is 0 Å². The van der Waals surface area contributed by atoms with Crippen LogP contribution in [0.1, 0.15) is 49.3 Å². The summed E-state index contributed by atoms with van der Waals surface area (Å²) in [5.41, 5.74) is -0.549. The van der Waals surface area contributed by atoms with E-state index < -0.39 is 48.7 Å². The Morgan fingerprint density at radius 1 is 1.24 bits per heavy atom. The number of carbonyl (C=O) groups is 2. The van der Waals surface area contributed by atoms with E-state index in [1.165, 1.54) is 29.1 Å². The molecule has 0 unspecified atom stereocenters. The van der Waals surface area contributed by atoms with Gasteiger partial charge in [-0.25, -0.2) is 4.79 Å². The van der Waals surface area contributed by atoms with Crippen LogP contribution in [0.15, 0.2) is 41.3 Å². The molecule has 0 spiro atoms. The van der Waals surface area contributed by atoms with E-state index in [9.17, 15) is 32.7 Å². The summed E-state index contributed by atoms with van der Waals surface area (Å²) < 4.78 is 50.3. The first-order valence-electron chi connectivity index (χ1n) is 12.3. The summed E-state index contributed by atoms with van der Waals surface area (Å²) in [6.45, 7) is 5.16. The Bertz CT molecular complexity index is 1340. The molecular weight excluding hydrogens is 585 g/mol. The normalized spacial score (nSPS) is 18.9. The summed E-state index contributed by atoms with van der Waals surface area (Å²) in [5, 5.41) is 13.9. The van der Waals surface area contributed by atoms with Crippen LogP contribution in [0.25, 0.3) is 0 Å². The quantitative estimate of drug-likeness (QED) is 0.169. The number of rotatable bonds is 9. The van der Waals surface area contributed by atoms with Crippen molar-refractivity contribution in [1.82, 2.24) is 14.9 Å². The fourth-order valence-electron chi connectivity index (χ4n) is 3.52. The molecule has 222 valence electrons. The molecule has 3 N–H and O–H groups in total. The highest BCUT2D eigenvalue weighted by Crippen LogP contribution is 2.37. The van der Waals surface area contributed by atoms with Gasteiger partial charge in [-0.3, -0.25) is 14.2 Å². The van der Waals surface area contributed by atoms with Gasteiger partial charge in [-0.2, -0.15) is 18.2 Å². The molecule has 0 bridgehead atoms. The SMILES string of the molecule is CC(C)(C)SSCO[C@@H]1C[C@H](n2cc(C#CCNC(=O)C(F)(F)F)c(NC(=O)c3ccccc3)nc2=O)O[C@@H]1CO. The number of aliphatic hydroxyl groups is 1. The molecule has 0 aliphatic carbocycles. The highest BCUT2D eigenvalue weighted by molar-refractivity contribution is 8.77. The second kappa shape index (κ2) is 14.2. The Morgan fingerprint density at radius 3 is 2.59 bits per heavy atom. The summed E-state index contributed by atoms with van der Waals surface area (Å²) in [4.78, 5) is 40.7. The number of nitrogens with zero attached hydrogens (tertiary/aromatic N) is 2. The van der Waals surface area contributed by atoms with Gasteiger partial charge in [0, 0.05) is 22.9 Å². The van der Waals surface area contributed by atoms with E-state index in [0.717, 1.165) is 4.57 Å². The molecular formula is C26H29F3N4O6S2. The van der Waals surface area contributed by atoms with E-state index in [-0.39, 0.29) is 34.7 Å². The summed E-state index contributed by atoms with van der Waals surface area (Å²) in [6.07, 6.45) is -5.79. The number of halogens is 3. The lowest BCUT2D eigenvalue weighted by atomic mass is 10.2. The lowest BCUT2D eigenvalue weighted by Gasteiger charge is -2.19. The predicted molar refractivity (Wildman–Crippen MR) is 149 cm³/mol. The maximum atomic E-state index is 13.0. The molecule has 10 nitrogen and oxygen atoms in total. The fraction of sp³-hybridized carbons (Fsp3) is 0.462. The van der Waals surface area contributed by atoms with E-state index in [1.54, 1.807) is 34.3 Å². The number of carbonyl (C=O) groups excluding carboxylic acids is 2. The lowest BCUT2D eigenvalue weighted by Crippen LogP contribution is -2.36. The third kappa shape index (κ3) is 9.79. The first-order valence-corrected chi connectivity index (χ1v) is 14.6. The zero-order valence-electron chi connectivity index (χ0n) is 22.4. The number of hydrogen-bond donors (Lipinski definition) is 3. The number of hydrogen-bond acceptors (Lipinski definition) is 9. The first-order chi connectivity index (χ1) is 19.3. The van der Waals surface area contributed by atoms with Gasteiger partial charge in [0.15, 0.2) is 5.82 Å². The Labute approximate surface area is 242 Å². The average molecular weight is 615 g/mol. The zero-order valence-corrected chi connectivity index (χ0v) is 24.0. The van der Waals surface area contributed by atoms with Crippen molar-refractivity contribution in [3.05, 3.63) is 58.1 Å². The standard InChI is InChI=1S/C26H29F3N4O6S2/c1-25(2,3)41-40-15-38-18-12-20(39-19(18)14-34)33-13-17(10-7-11-30-23(36)26(27,28)29)21(32-24(33)37)31-22(35)16-8-5-4-6-9-16/h4-6,8-9,13,18-20,34H,11-12,14-15H2,1-3H3,(H,30,36)(H,31,32,35,37)/t18-,19-,20-/m1/s1. The average Bonchev–Trinajstić information content (AvgIpc) is 3.32. The van der Waals surface area contributed by atoms with Crippen LogP contribution in [-0.4, -0.2) is 68.7 Å². The van der Waals surface area contributed by atoms with Gasteiger partial charge in [0.05, 0.1) is 24.8 Å². The number of benzene rings is 1.